The van der Waals surface area contributed by atoms with Gasteiger partial charge in [0.1, 0.15) is 12.4 Å². The molecular formula is C10H10ClF6NO. The SMILES string of the molecule is Cl.N[C@H](c1ccc(C(F)(F)F)c(F)c1)C(F)(F)CO. The van der Waals surface area contributed by atoms with Crippen LogP contribution in [0.25, 0.3) is 0 Å². The van der Waals surface area contributed by atoms with Gasteiger partial charge in [-0.2, -0.15) is 13.2 Å². The predicted octanol–water partition coefficient (Wildman–Crippen LogP) is 2.89. The number of halogens is 7. The summed E-state index contributed by atoms with van der Waals surface area (Å²) in [5, 5.41) is 8.38. The maximum atomic E-state index is 13.1. The average Bonchev–Trinajstić information content (AvgIpc) is 2.26. The van der Waals surface area contributed by atoms with E-state index in [2.05, 4.69) is 0 Å². The molecule has 0 aliphatic carbocycles. The Morgan fingerprint density at radius 3 is 2.05 bits per heavy atom. The van der Waals surface area contributed by atoms with Crippen molar-refractivity contribution in [3.05, 3.63) is 35.1 Å². The fourth-order valence-corrected chi connectivity index (χ4v) is 1.30. The van der Waals surface area contributed by atoms with Gasteiger partial charge in [-0.1, -0.05) is 6.07 Å². The number of alkyl halides is 5. The van der Waals surface area contributed by atoms with Crippen LogP contribution in [0.3, 0.4) is 0 Å². The normalized spacial score (nSPS) is 13.9. The summed E-state index contributed by atoms with van der Waals surface area (Å²) in [5.74, 6) is -5.43. The highest BCUT2D eigenvalue weighted by Gasteiger charge is 2.39. The molecule has 9 heteroatoms. The largest absolute Gasteiger partial charge is 0.419 e. The smallest absolute Gasteiger partial charge is 0.390 e. The quantitative estimate of drug-likeness (QED) is 0.843. The molecule has 1 aromatic rings. The van der Waals surface area contributed by atoms with Crippen LogP contribution in [0.1, 0.15) is 17.2 Å². The molecule has 0 saturated carbocycles. The lowest BCUT2D eigenvalue weighted by Crippen LogP contribution is -2.36. The molecule has 0 heterocycles. The Hall–Kier alpha value is -0.990. The summed E-state index contributed by atoms with van der Waals surface area (Å²) >= 11 is 0. The third-order valence-electron chi connectivity index (χ3n) is 2.32. The van der Waals surface area contributed by atoms with Crippen molar-refractivity contribution in [2.45, 2.75) is 18.1 Å². The highest BCUT2D eigenvalue weighted by molar-refractivity contribution is 5.85. The monoisotopic (exact) mass is 309 g/mol. The first-order valence-electron chi connectivity index (χ1n) is 4.70. The first-order chi connectivity index (χ1) is 8.09. The predicted molar refractivity (Wildman–Crippen MR) is 57.6 cm³/mol. The lowest BCUT2D eigenvalue weighted by atomic mass is 10.00. The highest BCUT2D eigenvalue weighted by atomic mass is 35.5. The second-order valence-corrected chi connectivity index (χ2v) is 3.63. The molecule has 0 spiro atoms. The number of benzene rings is 1. The van der Waals surface area contributed by atoms with Crippen molar-refractivity contribution in [1.82, 2.24) is 0 Å². The van der Waals surface area contributed by atoms with Gasteiger partial charge in [0, 0.05) is 0 Å². The van der Waals surface area contributed by atoms with E-state index in [0.717, 1.165) is 0 Å². The summed E-state index contributed by atoms with van der Waals surface area (Å²) in [6.45, 7) is -1.59. The molecule has 0 saturated heterocycles. The highest BCUT2D eigenvalue weighted by Crippen LogP contribution is 2.34. The molecule has 0 aromatic heterocycles. The molecule has 0 aliphatic rings. The van der Waals surface area contributed by atoms with Gasteiger partial charge < -0.3 is 10.8 Å². The summed E-state index contributed by atoms with van der Waals surface area (Å²) < 4.78 is 75.7. The summed E-state index contributed by atoms with van der Waals surface area (Å²) in [4.78, 5) is 0. The minimum atomic E-state index is -4.91. The minimum absolute atomic E-state index is 0. The van der Waals surface area contributed by atoms with Crippen molar-refractivity contribution < 1.29 is 31.4 Å². The van der Waals surface area contributed by atoms with Crippen molar-refractivity contribution in [2.75, 3.05) is 6.61 Å². The van der Waals surface area contributed by atoms with Crippen molar-refractivity contribution >= 4 is 12.4 Å². The van der Waals surface area contributed by atoms with E-state index in [1.165, 1.54) is 0 Å². The third kappa shape index (κ3) is 3.99. The number of rotatable bonds is 3. The lowest BCUT2D eigenvalue weighted by Gasteiger charge is -2.22. The summed E-state index contributed by atoms with van der Waals surface area (Å²) in [5.41, 5.74) is 2.96. The van der Waals surface area contributed by atoms with Crippen LogP contribution in [-0.4, -0.2) is 17.6 Å². The molecule has 0 aliphatic heterocycles. The Morgan fingerprint density at radius 2 is 1.68 bits per heavy atom. The zero-order valence-corrected chi connectivity index (χ0v) is 10.0. The molecule has 0 fully saturated rings. The number of nitrogens with two attached hydrogens (primary N) is 1. The fourth-order valence-electron chi connectivity index (χ4n) is 1.30. The van der Waals surface area contributed by atoms with Crippen LogP contribution in [0.15, 0.2) is 18.2 Å². The van der Waals surface area contributed by atoms with Crippen LogP contribution in [0.2, 0.25) is 0 Å². The molecule has 110 valence electrons. The van der Waals surface area contributed by atoms with Gasteiger partial charge in [-0.15, -0.1) is 12.4 Å². The van der Waals surface area contributed by atoms with Crippen LogP contribution in [0.5, 0.6) is 0 Å². The number of hydrogen-bond acceptors (Lipinski definition) is 2. The van der Waals surface area contributed by atoms with Gasteiger partial charge >= 0.3 is 6.18 Å². The number of hydrogen-bond donors (Lipinski definition) is 2. The second-order valence-electron chi connectivity index (χ2n) is 3.63. The van der Waals surface area contributed by atoms with E-state index in [0.29, 0.717) is 12.1 Å². The maximum Gasteiger partial charge on any atom is 0.419 e. The summed E-state index contributed by atoms with van der Waals surface area (Å²) in [6, 6.07) is -0.811. The molecule has 0 radical (unpaired) electrons. The zero-order chi connectivity index (χ0) is 14.1. The van der Waals surface area contributed by atoms with E-state index >= 15 is 0 Å². The van der Waals surface area contributed by atoms with Crippen LogP contribution < -0.4 is 5.73 Å². The Morgan fingerprint density at radius 1 is 1.16 bits per heavy atom. The first kappa shape index (κ1) is 18.0. The van der Waals surface area contributed by atoms with Gasteiger partial charge in [0.05, 0.1) is 11.6 Å². The molecular weight excluding hydrogens is 300 g/mol. The minimum Gasteiger partial charge on any atom is -0.390 e. The van der Waals surface area contributed by atoms with Crippen molar-refractivity contribution in [1.29, 1.82) is 0 Å². The molecule has 19 heavy (non-hydrogen) atoms. The van der Waals surface area contributed by atoms with E-state index < -0.39 is 41.7 Å². The molecule has 0 amide bonds. The Balaban J connectivity index is 0.00000324. The number of aliphatic hydroxyl groups excluding tert-OH is 1. The van der Waals surface area contributed by atoms with Gasteiger partial charge in [-0.05, 0) is 17.7 Å². The standard InChI is InChI=1S/C10H9F6NO.ClH/c11-7-3-5(8(17)9(12,13)4-18)1-2-6(7)10(14,15)16;/h1-3,8,18H,4,17H2;1H/t8-;/m1./s1. The zero-order valence-electron chi connectivity index (χ0n) is 9.22. The second kappa shape index (κ2) is 5.98. The topological polar surface area (TPSA) is 46.2 Å². The average molecular weight is 310 g/mol. The third-order valence-corrected chi connectivity index (χ3v) is 2.32. The fraction of sp³-hybridized carbons (Fsp3) is 0.400. The maximum absolute atomic E-state index is 13.1. The van der Waals surface area contributed by atoms with E-state index in [9.17, 15) is 26.3 Å². The van der Waals surface area contributed by atoms with E-state index in [4.69, 9.17) is 10.8 Å². The van der Waals surface area contributed by atoms with E-state index in [1.807, 2.05) is 0 Å². The van der Waals surface area contributed by atoms with Crippen molar-refractivity contribution in [2.24, 2.45) is 5.73 Å². The Bertz CT molecular complexity index is 437. The molecule has 0 bridgehead atoms. The van der Waals surface area contributed by atoms with E-state index in [-0.39, 0.29) is 18.5 Å². The van der Waals surface area contributed by atoms with Gasteiger partial charge in [-0.25, -0.2) is 13.2 Å². The van der Waals surface area contributed by atoms with Gasteiger partial charge in [0.2, 0.25) is 0 Å². The molecule has 0 unspecified atom stereocenters. The van der Waals surface area contributed by atoms with E-state index in [1.54, 1.807) is 0 Å². The Labute approximate surface area is 110 Å². The molecule has 1 aromatic carbocycles. The van der Waals surface area contributed by atoms with Crippen molar-refractivity contribution in [3.63, 3.8) is 0 Å². The van der Waals surface area contributed by atoms with Crippen LogP contribution in [0.4, 0.5) is 26.3 Å². The van der Waals surface area contributed by atoms with Crippen molar-refractivity contribution in [3.8, 4) is 0 Å². The van der Waals surface area contributed by atoms with Gasteiger partial charge in [0.25, 0.3) is 5.92 Å². The summed E-state index contributed by atoms with van der Waals surface area (Å²) in [7, 11) is 0. The van der Waals surface area contributed by atoms with Gasteiger partial charge in [0.15, 0.2) is 0 Å². The number of aliphatic hydroxyl groups is 1. The van der Waals surface area contributed by atoms with Crippen LogP contribution >= 0.6 is 12.4 Å². The molecule has 1 atom stereocenters. The molecule has 2 nitrogen and oxygen atoms in total. The van der Waals surface area contributed by atoms with Crippen LogP contribution in [-0.2, 0) is 6.18 Å². The lowest BCUT2D eigenvalue weighted by molar-refractivity contribution is -0.140. The Kier molecular flexibility index (Phi) is 5.66. The molecule has 1 rings (SSSR count). The van der Waals surface area contributed by atoms with Crippen LogP contribution in [0, 0.1) is 5.82 Å². The summed E-state index contributed by atoms with van der Waals surface area (Å²) in [6.07, 6.45) is -4.91. The van der Waals surface area contributed by atoms with Gasteiger partial charge in [-0.3, -0.25) is 0 Å². The first-order valence-corrected chi connectivity index (χ1v) is 4.70. The molecule has 3 N–H and O–H groups in total.